The van der Waals surface area contributed by atoms with Crippen molar-refractivity contribution in [3.8, 4) is 22.4 Å². The Bertz CT molecular complexity index is 1870. The molecule has 0 bridgehead atoms. The average Bonchev–Trinajstić information content (AvgIpc) is 3.47. The molecule has 1 atom stereocenters. The number of hydroxylamine groups is 2. The Hall–Kier alpha value is -4.91. The Kier molecular flexibility index (Phi) is 8.07. The first-order valence-corrected chi connectivity index (χ1v) is 15.6. The van der Waals surface area contributed by atoms with Crippen LogP contribution in [0.15, 0.2) is 67.3 Å². The van der Waals surface area contributed by atoms with E-state index in [0.717, 1.165) is 46.6 Å². The van der Waals surface area contributed by atoms with Crippen LogP contribution in [0.2, 0.25) is 0 Å². The number of ether oxygens (including phenoxy) is 1. The van der Waals surface area contributed by atoms with E-state index in [1.807, 2.05) is 33.8 Å². The first-order chi connectivity index (χ1) is 22.3. The van der Waals surface area contributed by atoms with Crippen molar-refractivity contribution < 1.29 is 14.7 Å². The molecule has 12 nitrogen and oxygen atoms in total. The smallest absolute Gasteiger partial charge is 0.224 e. The number of hydrogen-bond acceptors (Lipinski definition) is 10. The number of benzene rings is 2. The SMILES string of the molecule is CC(=O)N1c2ccc(-c3ccc(CN(O)Cc4cn5cc(-c6cnc(N)nc6)nc(N6CCOCC6)c5n4)cc3)cc2CC[C@@H]1C. The zero-order valence-electron chi connectivity index (χ0n) is 26.0. The van der Waals surface area contributed by atoms with E-state index in [-0.39, 0.29) is 24.4 Å². The van der Waals surface area contributed by atoms with Crippen molar-refractivity contribution in [1.29, 1.82) is 0 Å². The molecule has 3 N–H and O–H groups in total. The Morgan fingerprint density at radius 2 is 1.74 bits per heavy atom. The van der Waals surface area contributed by atoms with Crippen molar-refractivity contribution >= 4 is 29.0 Å². The van der Waals surface area contributed by atoms with Gasteiger partial charge in [-0.2, -0.15) is 5.06 Å². The molecule has 1 fully saturated rings. The summed E-state index contributed by atoms with van der Waals surface area (Å²) in [5.74, 6) is 1.03. The minimum Gasteiger partial charge on any atom is -0.378 e. The lowest BCUT2D eigenvalue weighted by Gasteiger charge is -2.34. The number of aryl methyl sites for hydroxylation is 1. The Labute approximate surface area is 267 Å². The second-order valence-corrected chi connectivity index (χ2v) is 12.0. The van der Waals surface area contributed by atoms with Crippen molar-refractivity contribution in [3.05, 3.63) is 84.1 Å². The van der Waals surface area contributed by atoms with E-state index in [4.69, 9.17) is 20.4 Å². The van der Waals surface area contributed by atoms with Crippen LogP contribution in [0.5, 0.6) is 0 Å². The van der Waals surface area contributed by atoms with Gasteiger partial charge in [0.2, 0.25) is 11.9 Å². The Morgan fingerprint density at radius 3 is 2.48 bits per heavy atom. The lowest BCUT2D eigenvalue weighted by atomic mass is 9.93. The zero-order chi connectivity index (χ0) is 31.8. The van der Waals surface area contributed by atoms with Gasteiger partial charge in [-0.15, -0.1) is 0 Å². The summed E-state index contributed by atoms with van der Waals surface area (Å²) in [7, 11) is 0. The molecule has 0 saturated carbocycles. The molecule has 0 spiro atoms. The zero-order valence-corrected chi connectivity index (χ0v) is 26.0. The van der Waals surface area contributed by atoms with E-state index >= 15 is 0 Å². The Balaban J connectivity index is 1.08. The highest BCUT2D eigenvalue weighted by Gasteiger charge is 2.26. The van der Waals surface area contributed by atoms with Crippen LogP contribution in [-0.2, 0) is 29.0 Å². The lowest BCUT2D eigenvalue weighted by Crippen LogP contribution is -2.40. The van der Waals surface area contributed by atoms with Gasteiger partial charge in [0.15, 0.2) is 11.5 Å². The summed E-state index contributed by atoms with van der Waals surface area (Å²) in [6, 6.07) is 14.8. The van der Waals surface area contributed by atoms with Gasteiger partial charge in [0, 0.05) is 68.6 Å². The molecule has 5 aromatic rings. The van der Waals surface area contributed by atoms with E-state index in [2.05, 4.69) is 52.1 Å². The van der Waals surface area contributed by atoms with Gasteiger partial charge < -0.3 is 29.9 Å². The minimum atomic E-state index is 0.0787. The quantitative estimate of drug-likeness (QED) is 0.253. The highest BCUT2D eigenvalue weighted by Crippen LogP contribution is 2.34. The molecule has 2 aromatic carbocycles. The maximum absolute atomic E-state index is 12.3. The van der Waals surface area contributed by atoms with Gasteiger partial charge in [0.05, 0.1) is 31.1 Å². The van der Waals surface area contributed by atoms with Crippen molar-refractivity contribution in [2.45, 2.75) is 45.8 Å². The normalized spacial score (nSPS) is 16.7. The molecule has 236 valence electrons. The first-order valence-electron chi connectivity index (χ1n) is 15.6. The molecular weight excluding hydrogens is 582 g/mol. The van der Waals surface area contributed by atoms with Gasteiger partial charge in [-0.1, -0.05) is 30.3 Å². The summed E-state index contributed by atoms with van der Waals surface area (Å²) in [6.45, 7) is 6.95. The molecule has 0 aliphatic carbocycles. The molecule has 2 aliphatic heterocycles. The van der Waals surface area contributed by atoms with Crippen LogP contribution in [0.25, 0.3) is 28.0 Å². The lowest BCUT2D eigenvalue weighted by molar-refractivity contribution is -0.117. The third-order valence-corrected chi connectivity index (χ3v) is 8.70. The van der Waals surface area contributed by atoms with E-state index < -0.39 is 0 Å². The van der Waals surface area contributed by atoms with Crippen LogP contribution in [0.4, 0.5) is 17.5 Å². The predicted molar refractivity (Wildman–Crippen MR) is 175 cm³/mol. The van der Waals surface area contributed by atoms with Gasteiger partial charge in [0.1, 0.15) is 0 Å². The molecule has 1 saturated heterocycles. The van der Waals surface area contributed by atoms with Gasteiger partial charge in [-0.25, -0.2) is 19.9 Å². The second kappa shape index (κ2) is 12.5. The number of imidazole rings is 1. The molecule has 0 radical (unpaired) electrons. The highest BCUT2D eigenvalue weighted by molar-refractivity contribution is 5.94. The molecule has 1 amide bonds. The van der Waals surface area contributed by atoms with Crippen LogP contribution >= 0.6 is 0 Å². The standard InChI is InChI=1S/C34H37N9O3/c1-22-3-6-27-15-26(9-10-31(27)43(22)23(2)44)25-7-4-24(5-8-25)18-42(45)20-29-19-41-21-30(28-16-36-34(35)37-17-28)39-33(32(41)38-29)40-11-13-46-14-12-40/h4-5,7-10,15-17,19,21-22,45H,3,6,11-14,18,20H2,1-2H3,(H2,35,36,37)/t22-/m0/s1. The molecule has 0 unspecified atom stereocenters. The fraction of sp³-hybridized carbons (Fsp3) is 0.324. The minimum absolute atomic E-state index is 0.0787. The first kappa shape index (κ1) is 29.8. The highest BCUT2D eigenvalue weighted by atomic mass is 16.5. The number of carbonyl (C=O) groups is 1. The number of carbonyl (C=O) groups excluding carboxylic acids is 1. The van der Waals surface area contributed by atoms with Gasteiger partial charge in [-0.3, -0.25) is 4.79 Å². The topological polar surface area (TPSA) is 138 Å². The van der Waals surface area contributed by atoms with E-state index in [1.54, 1.807) is 19.3 Å². The van der Waals surface area contributed by atoms with Crippen molar-refractivity contribution in [3.63, 3.8) is 0 Å². The summed E-state index contributed by atoms with van der Waals surface area (Å²) in [4.78, 5) is 34.4. The fourth-order valence-corrected chi connectivity index (χ4v) is 6.37. The molecule has 46 heavy (non-hydrogen) atoms. The predicted octanol–water partition coefficient (Wildman–Crippen LogP) is 4.35. The number of anilines is 3. The Morgan fingerprint density at radius 1 is 1.00 bits per heavy atom. The number of aromatic nitrogens is 5. The summed E-state index contributed by atoms with van der Waals surface area (Å²) in [5.41, 5.74) is 14.0. The number of rotatable bonds is 7. The maximum Gasteiger partial charge on any atom is 0.224 e. The number of morpholine rings is 1. The third kappa shape index (κ3) is 6.02. The number of nitrogen functional groups attached to an aromatic ring is 1. The molecule has 3 aromatic heterocycles. The molecular formula is C34H37N9O3. The van der Waals surface area contributed by atoms with Crippen LogP contribution in [-0.4, -0.2) is 72.9 Å². The number of amides is 1. The van der Waals surface area contributed by atoms with Crippen LogP contribution in [0, 0.1) is 0 Å². The van der Waals surface area contributed by atoms with Crippen molar-refractivity contribution in [1.82, 2.24) is 29.4 Å². The third-order valence-electron chi connectivity index (χ3n) is 8.70. The largest absolute Gasteiger partial charge is 0.378 e. The van der Waals surface area contributed by atoms with E-state index in [0.29, 0.717) is 49.9 Å². The van der Waals surface area contributed by atoms with Crippen molar-refractivity contribution in [2.24, 2.45) is 0 Å². The van der Waals surface area contributed by atoms with Gasteiger partial charge in [-0.05, 0) is 54.2 Å². The number of nitrogens with two attached hydrogens (primary N) is 1. The molecule has 2 aliphatic rings. The fourth-order valence-electron chi connectivity index (χ4n) is 6.37. The number of fused-ring (bicyclic) bond motifs is 2. The van der Waals surface area contributed by atoms with Crippen LogP contribution in [0.3, 0.4) is 0 Å². The molecule has 7 rings (SSSR count). The van der Waals surface area contributed by atoms with E-state index in [1.165, 1.54) is 10.6 Å². The summed E-state index contributed by atoms with van der Waals surface area (Å²) in [5, 5.41) is 12.2. The molecule has 5 heterocycles. The van der Waals surface area contributed by atoms with Gasteiger partial charge >= 0.3 is 0 Å². The summed E-state index contributed by atoms with van der Waals surface area (Å²) in [6.07, 6.45) is 9.04. The maximum atomic E-state index is 12.3. The van der Waals surface area contributed by atoms with E-state index in [9.17, 15) is 10.0 Å². The van der Waals surface area contributed by atoms with Crippen molar-refractivity contribution in [2.75, 3.05) is 41.8 Å². The summed E-state index contributed by atoms with van der Waals surface area (Å²) < 4.78 is 7.50. The number of hydrogen-bond donors (Lipinski definition) is 2. The van der Waals surface area contributed by atoms with Crippen LogP contribution in [0.1, 0.15) is 37.1 Å². The average molecular weight is 620 g/mol. The van der Waals surface area contributed by atoms with Gasteiger partial charge in [0.25, 0.3) is 0 Å². The second-order valence-electron chi connectivity index (χ2n) is 12.0. The van der Waals surface area contributed by atoms with Crippen LogP contribution < -0.4 is 15.5 Å². The summed E-state index contributed by atoms with van der Waals surface area (Å²) >= 11 is 0. The number of nitrogens with zero attached hydrogens (tertiary/aromatic N) is 8. The monoisotopic (exact) mass is 619 g/mol. The molecule has 12 heteroatoms.